The van der Waals surface area contributed by atoms with Gasteiger partial charge in [-0.15, -0.1) is 0 Å². The molecule has 2 aliphatic rings. The van der Waals surface area contributed by atoms with Gasteiger partial charge in [-0.1, -0.05) is 66.7 Å². The lowest BCUT2D eigenvalue weighted by Crippen LogP contribution is -2.40. The van der Waals surface area contributed by atoms with E-state index in [1.165, 1.54) is 45.1 Å². The van der Waals surface area contributed by atoms with E-state index in [9.17, 15) is 0 Å². The number of para-hydroxylation sites is 4. The highest BCUT2D eigenvalue weighted by atomic mass is 16.3. The van der Waals surface area contributed by atoms with Gasteiger partial charge in [-0.3, -0.25) is 0 Å². The summed E-state index contributed by atoms with van der Waals surface area (Å²) in [7, 11) is 4.42. The number of rotatable bonds is 4. The fraction of sp³-hybridized carbons (Fsp3) is 0.211. The van der Waals surface area contributed by atoms with E-state index >= 15 is 0 Å². The van der Waals surface area contributed by atoms with Crippen LogP contribution in [0.1, 0.15) is 23.6 Å². The molecule has 0 saturated heterocycles. The Labute approximate surface area is 253 Å². The summed E-state index contributed by atoms with van der Waals surface area (Å²) in [4.78, 5) is 9.80. The van der Waals surface area contributed by atoms with E-state index in [-0.39, 0.29) is 12.3 Å². The van der Waals surface area contributed by atoms with Gasteiger partial charge in [-0.05, 0) is 73.9 Å². The first-order chi connectivity index (χ1) is 20.9. The van der Waals surface area contributed by atoms with E-state index in [2.05, 4.69) is 152 Å². The van der Waals surface area contributed by atoms with Crippen molar-refractivity contribution < 1.29 is 4.42 Å². The second kappa shape index (κ2) is 9.56. The quantitative estimate of drug-likeness (QED) is 0.213. The third-order valence-electron chi connectivity index (χ3n) is 9.64. The van der Waals surface area contributed by atoms with Gasteiger partial charge in [0, 0.05) is 37.0 Å². The molecule has 2 atom stereocenters. The summed E-state index contributed by atoms with van der Waals surface area (Å²) in [5.41, 5.74) is 13.1. The lowest BCUT2D eigenvalue weighted by molar-refractivity contribution is 0.644. The number of hydrogen-bond acceptors (Lipinski definition) is 5. The van der Waals surface area contributed by atoms with Gasteiger partial charge in [0.15, 0.2) is 5.58 Å². The molecule has 5 heteroatoms. The van der Waals surface area contributed by atoms with E-state index in [1.807, 2.05) is 6.07 Å². The van der Waals surface area contributed by atoms with Crippen LogP contribution in [-0.2, 0) is 6.42 Å². The van der Waals surface area contributed by atoms with Gasteiger partial charge in [-0.2, -0.15) is 0 Å². The fourth-order valence-corrected chi connectivity index (χ4v) is 7.27. The first-order valence-electron chi connectivity index (χ1n) is 15.1. The minimum absolute atomic E-state index is 0.0800. The number of fused-ring (bicyclic) bond motifs is 5. The number of anilines is 6. The molecule has 0 unspecified atom stereocenters. The van der Waals surface area contributed by atoms with Crippen LogP contribution in [0.3, 0.4) is 0 Å². The number of aryl methyl sites for hydroxylation is 2. The average molecular weight is 565 g/mol. The molecule has 43 heavy (non-hydrogen) atoms. The van der Waals surface area contributed by atoms with Crippen LogP contribution in [0.25, 0.3) is 21.9 Å². The van der Waals surface area contributed by atoms with Crippen molar-refractivity contribution in [3.63, 3.8) is 0 Å². The van der Waals surface area contributed by atoms with E-state index in [1.54, 1.807) is 0 Å². The molecule has 2 aliphatic heterocycles. The number of likely N-dealkylation sites (N-methyl/N-ethyl adjacent to an activating group) is 1. The van der Waals surface area contributed by atoms with Crippen LogP contribution in [0.15, 0.2) is 108 Å². The molecule has 0 amide bonds. The minimum atomic E-state index is 0.0800. The molecule has 0 radical (unpaired) electrons. The Balaban J connectivity index is 1.26. The third kappa shape index (κ3) is 3.77. The van der Waals surface area contributed by atoms with Gasteiger partial charge < -0.3 is 24.0 Å². The summed E-state index contributed by atoms with van der Waals surface area (Å²) in [6, 6.07) is 37.3. The zero-order valence-corrected chi connectivity index (χ0v) is 25.4. The molecule has 3 heterocycles. The van der Waals surface area contributed by atoms with Gasteiger partial charge in [0.1, 0.15) is 17.9 Å². The predicted octanol–water partition coefficient (Wildman–Crippen LogP) is 9.29. The van der Waals surface area contributed by atoms with Crippen molar-refractivity contribution in [3.8, 4) is 0 Å². The second-order valence-corrected chi connectivity index (χ2v) is 12.1. The monoisotopic (exact) mass is 564 g/mol. The molecule has 0 aliphatic carbocycles. The van der Waals surface area contributed by atoms with Crippen molar-refractivity contribution >= 4 is 56.1 Å². The summed E-state index contributed by atoms with van der Waals surface area (Å²) in [5.74, 6) is 0. The van der Waals surface area contributed by atoms with Gasteiger partial charge in [0.2, 0.25) is 0 Å². The van der Waals surface area contributed by atoms with Crippen LogP contribution in [0.4, 0.5) is 34.1 Å². The standard InChI is InChI=1S/C38H36N4O/c1-24-12-6-8-14-30(24)41-26(3)39(4)32-21-19-27(22-34(32)41)23-36-40(5)31-15-9-10-16-33(31)42(36)37-25(2)18-20-29-28-13-7-11-17-35(28)43-38(29)37/h6-22,26,36H,23H2,1-5H3/t26-,36-/m1/s1. The van der Waals surface area contributed by atoms with Crippen molar-refractivity contribution in [3.05, 3.63) is 120 Å². The van der Waals surface area contributed by atoms with E-state index in [0.29, 0.717) is 0 Å². The molecule has 8 rings (SSSR count). The molecule has 5 nitrogen and oxygen atoms in total. The molecule has 5 aromatic carbocycles. The molecule has 1 aromatic heterocycles. The molecule has 0 saturated carbocycles. The summed E-state index contributed by atoms with van der Waals surface area (Å²) < 4.78 is 6.61. The Bertz CT molecular complexity index is 2030. The molecule has 0 fully saturated rings. The van der Waals surface area contributed by atoms with Crippen LogP contribution in [0.2, 0.25) is 0 Å². The maximum Gasteiger partial charge on any atom is 0.159 e. The maximum absolute atomic E-state index is 6.61. The summed E-state index contributed by atoms with van der Waals surface area (Å²) in [5, 5.41) is 2.31. The lowest BCUT2D eigenvalue weighted by atomic mass is 10.0. The molecule has 0 N–H and O–H groups in total. The predicted molar refractivity (Wildman–Crippen MR) is 181 cm³/mol. The highest BCUT2D eigenvalue weighted by Gasteiger charge is 2.38. The smallest absolute Gasteiger partial charge is 0.159 e. The fourth-order valence-electron chi connectivity index (χ4n) is 7.27. The molecule has 0 bridgehead atoms. The van der Waals surface area contributed by atoms with Crippen LogP contribution in [0, 0.1) is 13.8 Å². The Morgan fingerprint density at radius 3 is 2.12 bits per heavy atom. The first kappa shape index (κ1) is 25.8. The van der Waals surface area contributed by atoms with Crippen molar-refractivity contribution in [2.75, 3.05) is 33.7 Å². The topological polar surface area (TPSA) is 26.1 Å². The van der Waals surface area contributed by atoms with E-state index < -0.39 is 0 Å². The van der Waals surface area contributed by atoms with Crippen LogP contribution in [0.5, 0.6) is 0 Å². The van der Waals surface area contributed by atoms with Gasteiger partial charge >= 0.3 is 0 Å². The van der Waals surface area contributed by atoms with Gasteiger partial charge in [0.05, 0.1) is 28.4 Å². The molecular weight excluding hydrogens is 528 g/mol. The first-order valence-corrected chi connectivity index (χ1v) is 15.1. The number of hydrogen-bond donors (Lipinski definition) is 0. The summed E-state index contributed by atoms with van der Waals surface area (Å²) in [6.07, 6.45) is 1.17. The Morgan fingerprint density at radius 1 is 0.605 bits per heavy atom. The van der Waals surface area contributed by atoms with Crippen LogP contribution >= 0.6 is 0 Å². The minimum Gasteiger partial charge on any atom is -0.454 e. The lowest BCUT2D eigenvalue weighted by Gasteiger charge is -2.32. The maximum atomic E-state index is 6.61. The Kier molecular flexibility index (Phi) is 5.73. The number of benzene rings is 5. The van der Waals surface area contributed by atoms with E-state index in [4.69, 9.17) is 4.42 Å². The van der Waals surface area contributed by atoms with Crippen molar-refractivity contribution in [1.82, 2.24) is 0 Å². The summed E-state index contributed by atoms with van der Waals surface area (Å²) >= 11 is 0. The normalized spacial score (nSPS) is 17.8. The SMILES string of the molecule is Cc1ccccc1N1c2cc(C[C@@H]3N(C)c4ccccc4N3c3c(C)ccc4c3oc3ccccc34)ccc2N(C)[C@H]1C. The zero-order valence-electron chi connectivity index (χ0n) is 25.4. The van der Waals surface area contributed by atoms with E-state index in [0.717, 1.165) is 34.0 Å². The molecule has 6 aromatic rings. The van der Waals surface area contributed by atoms with Gasteiger partial charge in [0.25, 0.3) is 0 Å². The number of furan rings is 1. The molecule has 0 spiro atoms. The second-order valence-electron chi connectivity index (χ2n) is 12.1. The van der Waals surface area contributed by atoms with Crippen molar-refractivity contribution in [2.24, 2.45) is 0 Å². The van der Waals surface area contributed by atoms with Crippen molar-refractivity contribution in [2.45, 2.75) is 39.5 Å². The van der Waals surface area contributed by atoms with Crippen LogP contribution < -0.4 is 19.6 Å². The Morgan fingerprint density at radius 2 is 1.30 bits per heavy atom. The molecule has 214 valence electrons. The van der Waals surface area contributed by atoms with Crippen LogP contribution in [-0.4, -0.2) is 26.4 Å². The third-order valence-corrected chi connectivity index (χ3v) is 9.64. The highest BCUT2D eigenvalue weighted by molar-refractivity contribution is 6.10. The van der Waals surface area contributed by atoms with Crippen molar-refractivity contribution in [1.29, 1.82) is 0 Å². The Hall–Kier alpha value is -4.90. The highest BCUT2D eigenvalue weighted by Crippen LogP contribution is 2.50. The van der Waals surface area contributed by atoms with Gasteiger partial charge in [-0.25, -0.2) is 0 Å². The largest absolute Gasteiger partial charge is 0.454 e. The number of nitrogens with zero attached hydrogens (tertiary/aromatic N) is 4. The zero-order chi connectivity index (χ0) is 29.4. The average Bonchev–Trinajstić information content (AvgIpc) is 3.61. The molecular formula is C38H36N4O. The summed E-state index contributed by atoms with van der Waals surface area (Å²) in [6.45, 7) is 6.69.